The van der Waals surface area contributed by atoms with E-state index in [1.54, 1.807) is 12.1 Å². The van der Waals surface area contributed by atoms with Crippen molar-refractivity contribution < 1.29 is 12.8 Å². The van der Waals surface area contributed by atoms with Gasteiger partial charge in [0.05, 0.1) is 23.6 Å². The standard InChI is InChI=1S/C18H16ClFN2O2S2/c19-15-4-2-1-3-12(15)9-25-18-21-16-10-26(23,24)11-17(16)22(18)14-7-5-13(20)6-8-14/h1-8,16-17H,9-11H2/t16-,17-/m1/s1. The molecule has 0 amide bonds. The van der Waals surface area contributed by atoms with Gasteiger partial charge in [-0.15, -0.1) is 0 Å². The Balaban J connectivity index is 1.63. The van der Waals surface area contributed by atoms with Gasteiger partial charge in [0, 0.05) is 16.5 Å². The lowest BCUT2D eigenvalue weighted by Gasteiger charge is -2.26. The van der Waals surface area contributed by atoms with Crippen molar-refractivity contribution in [1.82, 2.24) is 0 Å². The van der Waals surface area contributed by atoms with Crippen molar-refractivity contribution in [3.8, 4) is 0 Å². The van der Waals surface area contributed by atoms with Crippen LogP contribution in [0.25, 0.3) is 0 Å². The second kappa shape index (κ2) is 6.87. The third-order valence-electron chi connectivity index (χ3n) is 4.53. The van der Waals surface area contributed by atoms with Crippen molar-refractivity contribution in [2.24, 2.45) is 4.99 Å². The van der Waals surface area contributed by atoms with Crippen LogP contribution in [0.2, 0.25) is 5.02 Å². The Morgan fingerprint density at radius 1 is 1.15 bits per heavy atom. The monoisotopic (exact) mass is 410 g/mol. The molecule has 1 fully saturated rings. The Bertz CT molecular complexity index is 963. The average molecular weight is 411 g/mol. The van der Waals surface area contributed by atoms with Gasteiger partial charge in [-0.25, -0.2) is 12.8 Å². The fourth-order valence-corrected chi connectivity index (χ4v) is 6.55. The molecule has 8 heteroatoms. The van der Waals surface area contributed by atoms with Gasteiger partial charge in [-0.1, -0.05) is 41.6 Å². The molecule has 4 nitrogen and oxygen atoms in total. The molecule has 136 valence electrons. The predicted molar refractivity (Wildman–Crippen MR) is 105 cm³/mol. The Labute approximate surface area is 161 Å². The number of hydrogen-bond donors (Lipinski definition) is 0. The van der Waals surface area contributed by atoms with E-state index in [1.807, 2.05) is 29.2 Å². The first-order valence-corrected chi connectivity index (χ1v) is 11.3. The number of rotatable bonds is 3. The number of fused-ring (bicyclic) bond motifs is 1. The van der Waals surface area contributed by atoms with Crippen LogP contribution in [0.1, 0.15) is 5.56 Å². The second-order valence-electron chi connectivity index (χ2n) is 6.35. The van der Waals surface area contributed by atoms with Crippen LogP contribution in [0, 0.1) is 5.82 Å². The molecule has 0 spiro atoms. The van der Waals surface area contributed by atoms with E-state index in [0.717, 1.165) is 16.4 Å². The number of sulfone groups is 1. The van der Waals surface area contributed by atoms with Gasteiger partial charge in [-0.2, -0.15) is 0 Å². The normalized spacial score (nSPS) is 23.8. The Hall–Kier alpha value is -1.57. The molecule has 2 aliphatic rings. The zero-order valence-corrected chi connectivity index (χ0v) is 16.1. The highest BCUT2D eigenvalue weighted by molar-refractivity contribution is 8.13. The maximum absolute atomic E-state index is 13.3. The second-order valence-corrected chi connectivity index (χ2v) is 9.85. The first-order valence-electron chi connectivity index (χ1n) is 8.12. The van der Waals surface area contributed by atoms with E-state index < -0.39 is 9.84 Å². The SMILES string of the molecule is O=S1(=O)C[C@@H]2[C@@H](C1)N=C(SCc1ccccc1Cl)N2c1ccc(F)cc1. The summed E-state index contributed by atoms with van der Waals surface area (Å²) in [6, 6.07) is 13.2. The first-order chi connectivity index (χ1) is 12.4. The lowest BCUT2D eigenvalue weighted by atomic mass is 10.1. The molecule has 0 bridgehead atoms. The highest BCUT2D eigenvalue weighted by atomic mass is 35.5. The van der Waals surface area contributed by atoms with Crippen molar-refractivity contribution in [3.63, 3.8) is 0 Å². The van der Waals surface area contributed by atoms with E-state index >= 15 is 0 Å². The van der Waals surface area contributed by atoms with Crippen LogP contribution < -0.4 is 4.90 Å². The summed E-state index contributed by atoms with van der Waals surface area (Å²) in [4.78, 5) is 6.59. The van der Waals surface area contributed by atoms with Crippen LogP contribution in [0.5, 0.6) is 0 Å². The molecule has 2 aliphatic heterocycles. The number of aliphatic imine (C=N–C) groups is 1. The highest BCUT2D eigenvalue weighted by Crippen LogP contribution is 2.36. The number of amidine groups is 1. The van der Waals surface area contributed by atoms with Crippen molar-refractivity contribution in [2.75, 3.05) is 16.4 Å². The Morgan fingerprint density at radius 3 is 2.62 bits per heavy atom. The van der Waals surface area contributed by atoms with Crippen LogP contribution in [0.15, 0.2) is 53.5 Å². The minimum absolute atomic E-state index is 0.0610. The Kier molecular flexibility index (Phi) is 4.71. The van der Waals surface area contributed by atoms with Crippen LogP contribution in [0.4, 0.5) is 10.1 Å². The molecule has 2 atom stereocenters. The molecular weight excluding hydrogens is 395 g/mol. The summed E-state index contributed by atoms with van der Waals surface area (Å²) >= 11 is 7.74. The Morgan fingerprint density at radius 2 is 1.88 bits per heavy atom. The third-order valence-corrected chi connectivity index (χ3v) is 7.61. The summed E-state index contributed by atoms with van der Waals surface area (Å²) in [6.07, 6.45) is 0. The van der Waals surface area contributed by atoms with Gasteiger partial charge in [0.1, 0.15) is 5.82 Å². The molecule has 0 unspecified atom stereocenters. The fourth-order valence-electron chi connectivity index (χ4n) is 3.29. The van der Waals surface area contributed by atoms with Crippen molar-refractivity contribution >= 4 is 44.1 Å². The molecule has 2 aromatic rings. The van der Waals surface area contributed by atoms with E-state index in [9.17, 15) is 12.8 Å². The van der Waals surface area contributed by atoms with Crippen molar-refractivity contribution in [1.29, 1.82) is 0 Å². The number of hydrogen-bond acceptors (Lipinski definition) is 5. The molecule has 1 saturated heterocycles. The van der Waals surface area contributed by atoms with Crippen LogP contribution in [-0.4, -0.2) is 37.2 Å². The average Bonchev–Trinajstić information content (AvgIpc) is 3.06. The molecule has 2 heterocycles. The van der Waals surface area contributed by atoms with Crippen molar-refractivity contribution in [2.45, 2.75) is 17.8 Å². The summed E-state index contributed by atoms with van der Waals surface area (Å²) in [5.74, 6) is 0.425. The quantitative estimate of drug-likeness (QED) is 0.773. The highest BCUT2D eigenvalue weighted by Gasteiger charge is 2.47. The van der Waals surface area contributed by atoms with Crippen LogP contribution >= 0.6 is 23.4 Å². The number of thioether (sulfide) groups is 1. The van der Waals surface area contributed by atoms with Gasteiger partial charge >= 0.3 is 0 Å². The van der Waals surface area contributed by atoms with Gasteiger partial charge in [-0.3, -0.25) is 4.99 Å². The van der Waals surface area contributed by atoms with Gasteiger partial charge in [0.2, 0.25) is 0 Å². The van der Waals surface area contributed by atoms with Crippen LogP contribution in [0.3, 0.4) is 0 Å². The molecule has 26 heavy (non-hydrogen) atoms. The number of halogens is 2. The van der Waals surface area contributed by atoms with Crippen molar-refractivity contribution in [3.05, 3.63) is 64.9 Å². The zero-order chi connectivity index (χ0) is 18.3. The smallest absolute Gasteiger partial charge is 0.164 e. The zero-order valence-electron chi connectivity index (χ0n) is 13.7. The number of anilines is 1. The molecule has 0 radical (unpaired) electrons. The van der Waals surface area contributed by atoms with Gasteiger partial charge in [0.25, 0.3) is 0 Å². The predicted octanol–water partition coefficient (Wildman–Crippen LogP) is 3.75. The molecule has 0 N–H and O–H groups in total. The molecular formula is C18H16ClFN2O2S2. The van der Waals surface area contributed by atoms with Crippen LogP contribution in [-0.2, 0) is 15.6 Å². The lowest BCUT2D eigenvalue weighted by Crippen LogP contribution is -2.39. The maximum Gasteiger partial charge on any atom is 0.164 e. The third kappa shape index (κ3) is 3.48. The van der Waals surface area contributed by atoms with E-state index in [1.165, 1.54) is 23.9 Å². The maximum atomic E-state index is 13.3. The van der Waals surface area contributed by atoms with E-state index in [-0.39, 0.29) is 29.4 Å². The summed E-state index contributed by atoms with van der Waals surface area (Å²) in [6.45, 7) is 0. The molecule has 0 aliphatic carbocycles. The summed E-state index contributed by atoms with van der Waals surface area (Å²) in [5, 5.41) is 1.44. The minimum Gasteiger partial charge on any atom is -0.315 e. The molecule has 4 rings (SSSR count). The van der Waals surface area contributed by atoms with E-state index in [2.05, 4.69) is 4.99 Å². The van der Waals surface area contributed by atoms with Gasteiger partial charge < -0.3 is 4.90 Å². The van der Waals surface area contributed by atoms with E-state index in [0.29, 0.717) is 10.8 Å². The number of nitrogens with zero attached hydrogens (tertiary/aromatic N) is 2. The fraction of sp³-hybridized carbons (Fsp3) is 0.278. The van der Waals surface area contributed by atoms with E-state index in [4.69, 9.17) is 11.6 Å². The summed E-state index contributed by atoms with van der Waals surface area (Å²) in [7, 11) is -3.11. The summed E-state index contributed by atoms with van der Waals surface area (Å²) < 4.78 is 37.4. The summed E-state index contributed by atoms with van der Waals surface area (Å²) in [5.41, 5.74) is 1.74. The molecule has 0 saturated carbocycles. The van der Waals surface area contributed by atoms with Gasteiger partial charge in [0.15, 0.2) is 15.0 Å². The van der Waals surface area contributed by atoms with Gasteiger partial charge in [-0.05, 0) is 35.9 Å². The largest absolute Gasteiger partial charge is 0.315 e. The lowest BCUT2D eigenvalue weighted by molar-refractivity contribution is 0.601. The first kappa shape index (κ1) is 17.8. The molecule has 2 aromatic carbocycles. The number of benzene rings is 2. The minimum atomic E-state index is -3.11. The molecule has 0 aromatic heterocycles. The topological polar surface area (TPSA) is 49.7 Å².